The molecule has 88 valence electrons. The minimum absolute atomic E-state index is 0.125. The van der Waals surface area contributed by atoms with Crippen LogP contribution in [0.2, 0.25) is 0 Å². The zero-order chi connectivity index (χ0) is 12.4. The van der Waals surface area contributed by atoms with Gasteiger partial charge in [-0.15, -0.1) is 0 Å². The van der Waals surface area contributed by atoms with E-state index in [2.05, 4.69) is 46.9 Å². The molecule has 0 amide bonds. The van der Waals surface area contributed by atoms with Gasteiger partial charge in [-0.2, -0.15) is 0 Å². The van der Waals surface area contributed by atoms with Crippen molar-refractivity contribution in [3.8, 4) is 0 Å². The lowest BCUT2D eigenvalue weighted by Gasteiger charge is -2.16. The lowest BCUT2D eigenvalue weighted by atomic mass is 9.94. The van der Waals surface area contributed by atoms with Gasteiger partial charge < -0.3 is 5.73 Å². The Morgan fingerprint density at radius 3 is 2.71 bits per heavy atom. The number of benzene rings is 1. The van der Waals surface area contributed by atoms with Gasteiger partial charge >= 0.3 is 0 Å². The van der Waals surface area contributed by atoms with E-state index in [0.717, 1.165) is 15.6 Å². The molecule has 0 radical (unpaired) electrons. The first-order chi connectivity index (χ1) is 8.09. The number of rotatable bonds is 2. The Morgan fingerprint density at radius 2 is 2.00 bits per heavy atom. The van der Waals surface area contributed by atoms with Crippen LogP contribution >= 0.6 is 15.9 Å². The maximum absolute atomic E-state index is 6.29. The molecule has 17 heavy (non-hydrogen) atoms. The van der Waals surface area contributed by atoms with Gasteiger partial charge in [0.05, 0.1) is 6.04 Å². The molecule has 0 saturated heterocycles. The van der Waals surface area contributed by atoms with Gasteiger partial charge in [-0.3, -0.25) is 4.98 Å². The van der Waals surface area contributed by atoms with E-state index in [1.807, 2.05) is 18.3 Å². The average molecular weight is 291 g/mol. The van der Waals surface area contributed by atoms with Gasteiger partial charge in [0.2, 0.25) is 0 Å². The maximum atomic E-state index is 6.29. The second-order valence-corrected chi connectivity index (χ2v) is 5.12. The van der Waals surface area contributed by atoms with Gasteiger partial charge in [0.15, 0.2) is 0 Å². The van der Waals surface area contributed by atoms with Crippen molar-refractivity contribution in [1.29, 1.82) is 0 Å². The largest absolute Gasteiger partial charge is 0.320 e. The Balaban J connectivity index is 2.44. The van der Waals surface area contributed by atoms with Crippen LogP contribution < -0.4 is 5.73 Å². The summed E-state index contributed by atoms with van der Waals surface area (Å²) >= 11 is 3.42. The van der Waals surface area contributed by atoms with Crippen LogP contribution in [0.25, 0.3) is 0 Å². The predicted octanol–water partition coefficient (Wildman–Crippen LogP) is 3.51. The van der Waals surface area contributed by atoms with Crippen molar-refractivity contribution < 1.29 is 0 Å². The zero-order valence-electron chi connectivity index (χ0n) is 9.94. The van der Waals surface area contributed by atoms with E-state index in [1.54, 1.807) is 6.20 Å². The van der Waals surface area contributed by atoms with Gasteiger partial charge in [0, 0.05) is 16.9 Å². The zero-order valence-corrected chi connectivity index (χ0v) is 11.5. The molecule has 1 atom stereocenters. The Bertz CT molecular complexity index is 537. The van der Waals surface area contributed by atoms with Gasteiger partial charge in [0.1, 0.15) is 0 Å². The first-order valence-corrected chi connectivity index (χ1v) is 6.31. The van der Waals surface area contributed by atoms with Gasteiger partial charge in [0.25, 0.3) is 0 Å². The maximum Gasteiger partial charge on any atom is 0.0570 e. The van der Waals surface area contributed by atoms with Crippen LogP contribution in [0, 0.1) is 13.8 Å². The van der Waals surface area contributed by atoms with E-state index in [0.29, 0.717) is 0 Å². The monoisotopic (exact) mass is 290 g/mol. The van der Waals surface area contributed by atoms with Crippen molar-refractivity contribution in [1.82, 2.24) is 4.98 Å². The van der Waals surface area contributed by atoms with Gasteiger partial charge in [-0.1, -0.05) is 18.2 Å². The van der Waals surface area contributed by atoms with E-state index in [1.165, 1.54) is 11.1 Å². The topological polar surface area (TPSA) is 38.9 Å². The van der Waals surface area contributed by atoms with Crippen molar-refractivity contribution in [2.75, 3.05) is 0 Å². The Morgan fingerprint density at radius 1 is 1.24 bits per heavy atom. The van der Waals surface area contributed by atoms with Crippen LogP contribution in [0.1, 0.15) is 28.3 Å². The molecule has 3 heteroatoms. The second kappa shape index (κ2) is 4.98. The molecule has 0 spiro atoms. The lowest BCUT2D eigenvalue weighted by molar-refractivity contribution is 0.850. The minimum atomic E-state index is -0.125. The number of nitrogens with two attached hydrogens (primary N) is 1. The first kappa shape index (κ1) is 12.3. The predicted molar refractivity (Wildman–Crippen MR) is 73.9 cm³/mol. The number of pyridine rings is 1. The van der Waals surface area contributed by atoms with E-state index in [9.17, 15) is 0 Å². The lowest BCUT2D eigenvalue weighted by Crippen LogP contribution is -2.14. The van der Waals surface area contributed by atoms with Crippen LogP contribution in [0.15, 0.2) is 41.1 Å². The smallest absolute Gasteiger partial charge is 0.0570 e. The molecule has 1 unspecified atom stereocenters. The number of nitrogens with zero attached hydrogens (tertiary/aromatic N) is 1. The van der Waals surface area contributed by atoms with Crippen LogP contribution in [-0.2, 0) is 0 Å². The third kappa shape index (κ3) is 2.56. The van der Waals surface area contributed by atoms with Crippen molar-refractivity contribution in [3.05, 3.63) is 63.4 Å². The van der Waals surface area contributed by atoms with Crippen LogP contribution in [-0.4, -0.2) is 4.98 Å². The highest BCUT2D eigenvalue weighted by molar-refractivity contribution is 9.10. The molecule has 0 aliphatic rings. The third-order valence-electron chi connectivity index (χ3n) is 3.07. The highest BCUT2D eigenvalue weighted by Gasteiger charge is 2.12. The average Bonchev–Trinajstić information content (AvgIpc) is 2.32. The number of aryl methyl sites for hydroxylation is 1. The van der Waals surface area contributed by atoms with E-state index in [-0.39, 0.29) is 6.04 Å². The van der Waals surface area contributed by atoms with Crippen molar-refractivity contribution in [2.24, 2.45) is 5.73 Å². The van der Waals surface area contributed by atoms with E-state index >= 15 is 0 Å². The number of halogens is 1. The molecule has 0 fully saturated rings. The Kier molecular flexibility index (Phi) is 3.60. The summed E-state index contributed by atoms with van der Waals surface area (Å²) in [6.45, 7) is 4.21. The summed E-state index contributed by atoms with van der Waals surface area (Å²) in [4.78, 5) is 4.16. The quantitative estimate of drug-likeness (QED) is 0.919. The SMILES string of the molecule is Cc1cccc(C(N)c2cncc(Br)c2)c1C. The normalized spacial score (nSPS) is 12.5. The standard InChI is InChI=1S/C14H15BrN2/c1-9-4-3-5-13(10(9)2)14(16)11-6-12(15)8-17-7-11/h3-8,14H,16H2,1-2H3. The molecular weight excluding hydrogens is 276 g/mol. The molecule has 0 aliphatic heterocycles. The van der Waals surface area contributed by atoms with Crippen LogP contribution in [0.3, 0.4) is 0 Å². The van der Waals surface area contributed by atoms with Crippen LogP contribution in [0.4, 0.5) is 0 Å². The summed E-state index contributed by atoms with van der Waals surface area (Å²) in [5.41, 5.74) is 11.0. The highest BCUT2D eigenvalue weighted by atomic mass is 79.9. The third-order valence-corrected chi connectivity index (χ3v) is 3.50. The number of aromatic nitrogens is 1. The number of hydrogen-bond donors (Lipinski definition) is 1. The fourth-order valence-corrected chi connectivity index (χ4v) is 2.27. The molecule has 2 nitrogen and oxygen atoms in total. The second-order valence-electron chi connectivity index (χ2n) is 4.20. The highest BCUT2D eigenvalue weighted by Crippen LogP contribution is 2.25. The molecule has 2 aromatic rings. The first-order valence-electron chi connectivity index (χ1n) is 5.51. The molecule has 0 bridgehead atoms. The van der Waals surface area contributed by atoms with E-state index < -0.39 is 0 Å². The van der Waals surface area contributed by atoms with Crippen molar-refractivity contribution in [3.63, 3.8) is 0 Å². The Hall–Kier alpha value is -1.19. The minimum Gasteiger partial charge on any atom is -0.320 e. The molecule has 0 aliphatic carbocycles. The molecular formula is C14H15BrN2. The molecule has 2 N–H and O–H groups in total. The van der Waals surface area contributed by atoms with Gasteiger partial charge in [-0.25, -0.2) is 0 Å². The number of hydrogen-bond acceptors (Lipinski definition) is 2. The summed E-state index contributed by atoms with van der Waals surface area (Å²) < 4.78 is 0.954. The van der Waals surface area contributed by atoms with Gasteiger partial charge in [-0.05, 0) is 58.1 Å². The fourth-order valence-electron chi connectivity index (χ4n) is 1.89. The van der Waals surface area contributed by atoms with E-state index in [4.69, 9.17) is 5.73 Å². The van der Waals surface area contributed by atoms with Crippen molar-refractivity contribution >= 4 is 15.9 Å². The summed E-state index contributed by atoms with van der Waals surface area (Å²) in [5, 5.41) is 0. The summed E-state index contributed by atoms with van der Waals surface area (Å²) in [5.74, 6) is 0. The fraction of sp³-hybridized carbons (Fsp3) is 0.214. The van der Waals surface area contributed by atoms with Crippen LogP contribution in [0.5, 0.6) is 0 Å². The summed E-state index contributed by atoms with van der Waals surface area (Å²) in [7, 11) is 0. The van der Waals surface area contributed by atoms with Crippen molar-refractivity contribution in [2.45, 2.75) is 19.9 Å². The summed E-state index contributed by atoms with van der Waals surface area (Å²) in [6, 6.07) is 8.11. The molecule has 0 saturated carbocycles. The molecule has 1 aromatic carbocycles. The molecule has 1 aromatic heterocycles. The Labute approximate surface area is 110 Å². The molecule has 2 rings (SSSR count). The molecule has 1 heterocycles. The summed E-state index contributed by atoms with van der Waals surface area (Å²) in [6.07, 6.45) is 3.58.